The average molecular weight is 414 g/mol. The molecule has 1 amide bonds. The molecule has 0 unspecified atom stereocenters. The number of hydrogen-bond acceptors (Lipinski definition) is 5. The summed E-state index contributed by atoms with van der Waals surface area (Å²) in [6.45, 7) is 6.38. The summed E-state index contributed by atoms with van der Waals surface area (Å²) < 4.78 is 6.91. The van der Waals surface area contributed by atoms with Crippen molar-refractivity contribution in [2.75, 3.05) is 11.9 Å². The van der Waals surface area contributed by atoms with E-state index in [1.807, 2.05) is 36.0 Å². The van der Waals surface area contributed by atoms with Crippen LogP contribution in [0.2, 0.25) is 0 Å². The summed E-state index contributed by atoms with van der Waals surface area (Å²) in [5.41, 5.74) is 1.74. The third kappa shape index (κ3) is 5.68. The highest BCUT2D eigenvalue weighted by atomic mass is 79.9. The molecule has 6 nitrogen and oxygen atoms in total. The number of amides is 1. The molecular formula is C16H20BrN3O3S. The number of halogens is 1. The van der Waals surface area contributed by atoms with Gasteiger partial charge in [0.25, 0.3) is 0 Å². The Kier molecular flexibility index (Phi) is 8.00. The van der Waals surface area contributed by atoms with Crippen LogP contribution in [0.3, 0.4) is 0 Å². The number of nitrogens with zero attached hydrogens (tertiary/aromatic N) is 2. The fourth-order valence-electron chi connectivity index (χ4n) is 1.93. The van der Waals surface area contributed by atoms with Crippen LogP contribution < -0.4 is 26.9 Å². The molecule has 2 aromatic heterocycles. The molecule has 0 saturated carbocycles. The molecule has 0 fully saturated rings. The second-order valence-electron chi connectivity index (χ2n) is 5.07. The Balaban J connectivity index is 0.00000288. The van der Waals surface area contributed by atoms with Crippen LogP contribution in [0.15, 0.2) is 24.5 Å². The van der Waals surface area contributed by atoms with Gasteiger partial charge in [0.1, 0.15) is 4.88 Å². The predicted molar refractivity (Wildman–Crippen MR) is 87.4 cm³/mol. The minimum atomic E-state index is -0.404. The van der Waals surface area contributed by atoms with Crippen molar-refractivity contribution in [1.29, 1.82) is 0 Å². The van der Waals surface area contributed by atoms with Crippen molar-refractivity contribution in [2.24, 2.45) is 0 Å². The molecule has 24 heavy (non-hydrogen) atoms. The maximum Gasteiger partial charge on any atom is 0.350 e. The van der Waals surface area contributed by atoms with Crippen LogP contribution in [-0.2, 0) is 16.1 Å². The first-order chi connectivity index (χ1) is 11.0. The van der Waals surface area contributed by atoms with Crippen LogP contribution in [0.25, 0.3) is 0 Å². The zero-order valence-corrected chi connectivity index (χ0v) is 16.2. The maximum absolute atomic E-state index is 12.0. The molecule has 0 aliphatic carbocycles. The molecular weight excluding hydrogens is 394 g/mol. The molecule has 0 spiro atoms. The highest BCUT2D eigenvalue weighted by Gasteiger charge is 2.17. The lowest BCUT2D eigenvalue weighted by atomic mass is 10.3. The van der Waals surface area contributed by atoms with Crippen LogP contribution in [0.4, 0.5) is 5.13 Å². The second-order valence-corrected chi connectivity index (χ2v) is 6.06. The normalized spacial score (nSPS) is 9.96. The Morgan fingerprint density at radius 2 is 1.96 bits per heavy atom. The maximum atomic E-state index is 12.0. The van der Waals surface area contributed by atoms with Gasteiger partial charge in [0, 0.05) is 12.1 Å². The van der Waals surface area contributed by atoms with Gasteiger partial charge in [-0.1, -0.05) is 11.3 Å². The molecule has 0 aromatic carbocycles. The summed E-state index contributed by atoms with van der Waals surface area (Å²) in [6.07, 6.45) is 4.21. The summed E-state index contributed by atoms with van der Waals surface area (Å²) in [5.74, 6) is -0.541. The van der Waals surface area contributed by atoms with Crippen LogP contribution in [0.5, 0.6) is 0 Å². The first-order valence-corrected chi connectivity index (χ1v) is 8.21. The van der Waals surface area contributed by atoms with E-state index in [1.54, 1.807) is 13.8 Å². The van der Waals surface area contributed by atoms with E-state index in [4.69, 9.17) is 4.74 Å². The Labute approximate surface area is 155 Å². The molecule has 130 valence electrons. The van der Waals surface area contributed by atoms with Gasteiger partial charge in [-0.3, -0.25) is 4.79 Å². The zero-order chi connectivity index (χ0) is 16.8. The number of nitrogens with one attached hydrogen (secondary N) is 1. The lowest BCUT2D eigenvalue weighted by Gasteiger charge is -2.00. The number of aromatic nitrogens is 2. The zero-order valence-electron chi connectivity index (χ0n) is 13.8. The number of thiazole rings is 1. The van der Waals surface area contributed by atoms with Gasteiger partial charge >= 0.3 is 5.97 Å². The minimum absolute atomic E-state index is 0. The fourth-order valence-corrected chi connectivity index (χ4v) is 2.81. The molecule has 1 N–H and O–H groups in total. The monoisotopic (exact) mass is 413 g/mol. The largest absolute Gasteiger partial charge is 1.00 e. The predicted octanol–water partition coefficient (Wildman–Crippen LogP) is -0.743. The molecule has 2 heterocycles. The van der Waals surface area contributed by atoms with Crippen molar-refractivity contribution in [3.05, 3.63) is 40.7 Å². The Hall–Kier alpha value is -1.80. The highest BCUT2D eigenvalue weighted by molar-refractivity contribution is 7.17. The molecule has 0 bridgehead atoms. The van der Waals surface area contributed by atoms with Gasteiger partial charge in [-0.05, 0) is 26.3 Å². The number of ether oxygens (including phenoxy) is 1. The number of anilines is 1. The molecule has 2 rings (SSSR count). The number of aryl methyl sites for hydroxylation is 3. The quantitative estimate of drug-likeness (QED) is 0.499. The van der Waals surface area contributed by atoms with Gasteiger partial charge in [0.15, 0.2) is 24.1 Å². The van der Waals surface area contributed by atoms with Gasteiger partial charge in [0.2, 0.25) is 5.91 Å². The van der Waals surface area contributed by atoms with Crippen molar-refractivity contribution >= 4 is 28.3 Å². The summed E-state index contributed by atoms with van der Waals surface area (Å²) in [6, 6.07) is 3.99. The van der Waals surface area contributed by atoms with E-state index in [0.29, 0.717) is 35.3 Å². The van der Waals surface area contributed by atoms with Gasteiger partial charge in [0.05, 0.1) is 18.7 Å². The lowest BCUT2D eigenvalue weighted by molar-refractivity contribution is -0.695. The first-order valence-electron chi connectivity index (χ1n) is 7.39. The van der Waals surface area contributed by atoms with Crippen LogP contribution >= 0.6 is 11.3 Å². The van der Waals surface area contributed by atoms with E-state index in [9.17, 15) is 9.59 Å². The van der Waals surface area contributed by atoms with Gasteiger partial charge < -0.3 is 27.0 Å². The van der Waals surface area contributed by atoms with Crippen molar-refractivity contribution in [3.63, 3.8) is 0 Å². The standard InChI is InChI=1S/C16H19N3O3S.BrH/c1-4-22-15(21)14-12(3)17-16(23-14)18-13(20)7-10-19-8-5-11(2)6-9-19;/h5-6,8-9H,4,7,10H2,1-3H3;1H. The van der Waals surface area contributed by atoms with Crippen LogP contribution in [-0.4, -0.2) is 23.5 Å². The molecule has 8 heteroatoms. The number of carbonyl (C=O) groups is 2. The molecule has 0 atom stereocenters. The lowest BCUT2D eigenvalue weighted by Crippen LogP contribution is -3.00. The number of hydrogen-bond donors (Lipinski definition) is 1. The molecule has 0 saturated heterocycles. The Bertz CT molecular complexity index is 701. The number of rotatable bonds is 6. The van der Waals surface area contributed by atoms with Crippen molar-refractivity contribution in [2.45, 2.75) is 33.7 Å². The van der Waals surface area contributed by atoms with E-state index >= 15 is 0 Å². The topological polar surface area (TPSA) is 72.2 Å². The summed E-state index contributed by atoms with van der Waals surface area (Å²) in [5, 5.41) is 3.15. The van der Waals surface area contributed by atoms with E-state index in [2.05, 4.69) is 10.3 Å². The fraction of sp³-hybridized carbons (Fsp3) is 0.375. The number of carbonyl (C=O) groups excluding carboxylic acids is 2. The highest BCUT2D eigenvalue weighted by Crippen LogP contribution is 2.23. The van der Waals surface area contributed by atoms with Crippen molar-refractivity contribution < 1.29 is 35.9 Å². The van der Waals surface area contributed by atoms with E-state index in [0.717, 1.165) is 11.3 Å². The summed E-state index contributed by atoms with van der Waals surface area (Å²) in [7, 11) is 0. The summed E-state index contributed by atoms with van der Waals surface area (Å²) >= 11 is 1.14. The molecule has 0 aliphatic heterocycles. The average Bonchev–Trinajstić information content (AvgIpc) is 2.87. The van der Waals surface area contributed by atoms with Crippen molar-refractivity contribution in [3.8, 4) is 0 Å². The smallest absolute Gasteiger partial charge is 0.350 e. The molecule has 0 radical (unpaired) electrons. The minimum Gasteiger partial charge on any atom is -1.00 e. The van der Waals surface area contributed by atoms with E-state index < -0.39 is 5.97 Å². The third-order valence-electron chi connectivity index (χ3n) is 3.16. The SMILES string of the molecule is CCOC(=O)c1sc(NC(=O)CC[n+]2ccc(C)cc2)nc1C.[Br-]. The third-order valence-corrected chi connectivity index (χ3v) is 4.21. The molecule has 0 aliphatic rings. The van der Waals surface area contributed by atoms with Gasteiger partial charge in [-0.25, -0.2) is 14.3 Å². The number of esters is 1. The van der Waals surface area contributed by atoms with Crippen LogP contribution in [0, 0.1) is 13.8 Å². The summed E-state index contributed by atoms with van der Waals surface area (Å²) in [4.78, 5) is 28.4. The van der Waals surface area contributed by atoms with Gasteiger partial charge in [-0.2, -0.15) is 0 Å². The van der Waals surface area contributed by atoms with E-state index in [-0.39, 0.29) is 22.9 Å². The van der Waals surface area contributed by atoms with Gasteiger partial charge in [-0.15, -0.1) is 0 Å². The molecule has 2 aromatic rings. The van der Waals surface area contributed by atoms with E-state index in [1.165, 1.54) is 5.56 Å². The Morgan fingerprint density at radius 1 is 1.29 bits per heavy atom. The number of pyridine rings is 1. The Morgan fingerprint density at radius 3 is 2.58 bits per heavy atom. The van der Waals surface area contributed by atoms with Crippen LogP contribution in [0.1, 0.15) is 34.3 Å². The van der Waals surface area contributed by atoms with Crippen molar-refractivity contribution in [1.82, 2.24) is 4.98 Å². The first kappa shape index (κ1) is 20.2. The second kappa shape index (κ2) is 9.48.